The fourth-order valence-electron chi connectivity index (χ4n) is 5.75. The molecule has 18 nitrogen and oxygen atoms in total. The first-order valence-electron chi connectivity index (χ1n) is 19.7. The number of ether oxygens (including phenoxy) is 2. The standard InChI is InChI=1S/C41H54I3N4O14P/c1-23(2)18-25-11-13-26(14-12-25)24(3)38(53)45-21-27(22-60-63(56,57)59-17-9-8-10-34(52)62-48-32(50)15-16-33(48)51)46-31(49)20-30(40(55)61-41(4,5)6)47-39(54)35-28(42)19-29(43)37(58-7)36(35)44/h11-16,19,23-24,27,30,50-51H,8-10,17-18,20-22H2,1-7H3,(H,45,53)(H,46,49)(H,47,54)(H,56,57)/t24-,27+,30+/m0/s1. The topological polar surface area (TPSA) is 250 Å². The highest BCUT2D eigenvalue weighted by Gasteiger charge is 2.33. The minimum atomic E-state index is -4.78. The van der Waals surface area contributed by atoms with Crippen molar-refractivity contribution in [2.24, 2.45) is 5.92 Å². The van der Waals surface area contributed by atoms with Crippen LogP contribution in [0.5, 0.6) is 17.5 Å². The summed E-state index contributed by atoms with van der Waals surface area (Å²) in [7, 11) is -3.31. The summed E-state index contributed by atoms with van der Waals surface area (Å²) in [5.41, 5.74) is 1.10. The van der Waals surface area contributed by atoms with Crippen LogP contribution in [-0.4, -0.2) is 94.1 Å². The quantitative estimate of drug-likeness (QED) is 0.0271. The second kappa shape index (κ2) is 24.9. The van der Waals surface area contributed by atoms with Crippen molar-refractivity contribution in [3.8, 4) is 17.5 Å². The van der Waals surface area contributed by atoms with Crippen molar-refractivity contribution >= 4 is 105 Å². The normalized spacial score (nSPS) is 13.9. The molecule has 3 amide bonds. The number of carbonyl (C=O) groups excluding carboxylic acids is 5. The van der Waals surface area contributed by atoms with Gasteiger partial charge in [-0.05, 0) is 138 Å². The minimum Gasteiger partial charge on any atom is -0.495 e. The van der Waals surface area contributed by atoms with Gasteiger partial charge in [-0.15, -0.1) is 4.73 Å². The van der Waals surface area contributed by atoms with Crippen LogP contribution in [0.15, 0.2) is 42.5 Å². The monoisotopic (exact) mass is 1240 g/mol. The number of phosphoric acid groups is 1. The molecule has 6 N–H and O–H groups in total. The Morgan fingerprint density at radius 3 is 2.11 bits per heavy atom. The lowest BCUT2D eigenvalue weighted by Gasteiger charge is -2.26. The van der Waals surface area contributed by atoms with Gasteiger partial charge in [-0.1, -0.05) is 38.1 Å². The predicted octanol–water partition coefficient (Wildman–Crippen LogP) is 6.11. The van der Waals surface area contributed by atoms with Gasteiger partial charge in [0.2, 0.25) is 23.6 Å². The van der Waals surface area contributed by atoms with Crippen LogP contribution in [0.3, 0.4) is 0 Å². The van der Waals surface area contributed by atoms with E-state index in [4.69, 9.17) is 23.4 Å². The highest BCUT2D eigenvalue weighted by Crippen LogP contribution is 2.43. The molecule has 3 rings (SSSR count). The Kier molecular flexibility index (Phi) is 21.4. The SMILES string of the molecule is COc1c(I)cc(I)c(C(=O)N[C@H](CC(=O)N[C@H](CNC(=O)[C@@H](C)c2ccc(CC(C)C)cc2)COP(=O)(O)OCCCCC(=O)On2c(O)ccc2O)C(=O)OC(C)(C)C)c1I. The molecule has 3 aromatic rings. The number of hydrogen-bond donors (Lipinski definition) is 6. The van der Waals surface area contributed by atoms with E-state index in [1.54, 1.807) is 33.8 Å². The number of benzene rings is 2. The molecule has 1 aromatic heterocycles. The Balaban J connectivity index is 1.74. The van der Waals surface area contributed by atoms with Crippen LogP contribution in [0.2, 0.25) is 0 Å². The van der Waals surface area contributed by atoms with Crippen LogP contribution in [0.1, 0.15) is 94.6 Å². The van der Waals surface area contributed by atoms with Crippen molar-refractivity contribution in [3.63, 3.8) is 0 Å². The van der Waals surface area contributed by atoms with E-state index in [0.29, 0.717) is 23.5 Å². The summed E-state index contributed by atoms with van der Waals surface area (Å²) in [4.78, 5) is 81.8. The van der Waals surface area contributed by atoms with Gasteiger partial charge in [0.25, 0.3) is 5.91 Å². The van der Waals surface area contributed by atoms with Crippen molar-refractivity contribution in [2.75, 3.05) is 26.9 Å². The molecular formula is C41H54I3N4O14P. The van der Waals surface area contributed by atoms with Crippen molar-refractivity contribution < 1.29 is 67.0 Å². The number of halogens is 3. The lowest BCUT2D eigenvalue weighted by molar-refractivity contribution is -0.158. The summed E-state index contributed by atoms with van der Waals surface area (Å²) in [5.74, 6) is -4.26. The number of unbranched alkanes of at least 4 members (excludes halogenated alkanes) is 1. The van der Waals surface area contributed by atoms with E-state index in [1.807, 2.05) is 69.4 Å². The zero-order valence-corrected chi connectivity index (χ0v) is 43.2. The summed E-state index contributed by atoms with van der Waals surface area (Å²) in [5, 5.41) is 27.3. The minimum absolute atomic E-state index is 0.101. The molecule has 0 fully saturated rings. The molecule has 348 valence electrons. The Bertz CT molecular complexity index is 2110. The fraction of sp³-hybridized carbons (Fsp3) is 0.488. The Labute approximate surface area is 407 Å². The van der Waals surface area contributed by atoms with Crippen molar-refractivity contribution in [1.82, 2.24) is 20.7 Å². The van der Waals surface area contributed by atoms with E-state index < -0.39 is 85.9 Å². The lowest BCUT2D eigenvalue weighted by atomic mass is 9.96. The summed E-state index contributed by atoms with van der Waals surface area (Å²) in [6, 6.07) is 8.98. The Hall–Kier alpha value is -3.23. The van der Waals surface area contributed by atoms with Crippen LogP contribution in [0.25, 0.3) is 0 Å². The molecule has 0 spiro atoms. The molecule has 2 aromatic carbocycles. The maximum atomic E-state index is 13.7. The third-order valence-electron chi connectivity index (χ3n) is 8.81. The summed E-state index contributed by atoms with van der Waals surface area (Å²) < 4.78 is 36.6. The molecule has 0 aliphatic rings. The molecule has 0 saturated carbocycles. The number of nitrogens with one attached hydrogen (secondary N) is 3. The van der Waals surface area contributed by atoms with Crippen molar-refractivity contribution in [1.29, 1.82) is 0 Å². The maximum Gasteiger partial charge on any atom is 0.472 e. The van der Waals surface area contributed by atoms with Crippen LogP contribution in [0.4, 0.5) is 0 Å². The van der Waals surface area contributed by atoms with Gasteiger partial charge < -0.3 is 45.4 Å². The first-order valence-corrected chi connectivity index (χ1v) is 24.5. The number of hydrogen-bond acceptors (Lipinski definition) is 13. The van der Waals surface area contributed by atoms with Gasteiger partial charge in [0, 0.05) is 28.7 Å². The number of amides is 3. The third-order valence-corrected chi connectivity index (χ3v) is 12.5. The number of methoxy groups -OCH3 is 1. The Morgan fingerprint density at radius 2 is 1.52 bits per heavy atom. The van der Waals surface area contributed by atoms with Crippen LogP contribution in [0, 0.1) is 16.6 Å². The van der Waals surface area contributed by atoms with Crippen molar-refractivity contribution in [2.45, 2.75) is 97.2 Å². The van der Waals surface area contributed by atoms with Crippen LogP contribution < -0.4 is 25.5 Å². The number of phosphoric ester groups is 1. The molecule has 0 aliphatic carbocycles. The summed E-state index contributed by atoms with van der Waals surface area (Å²) >= 11 is 6.04. The summed E-state index contributed by atoms with van der Waals surface area (Å²) in [6.45, 7) is 9.56. The largest absolute Gasteiger partial charge is 0.495 e. The predicted molar refractivity (Wildman–Crippen MR) is 256 cm³/mol. The van der Waals surface area contributed by atoms with E-state index in [-0.39, 0.29) is 38.0 Å². The number of carbonyl (C=O) groups is 5. The molecule has 4 atom stereocenters. The lowest BCUT2D eigenvalue weighted by Crippen LogP contribution is -2.51. The number of aromatic hydroxyl groups is 2. The average molecular weight is 1240 g/mol. The van der Waals surface area contributed by atoms with Crippen LogP contribution in [-0.2, 0) is 43.9 Å². The number of esters is 1. The van der Waals surface area contributed by atoms with Gasteiger partial charge in [0.15, 0.2) is 0 Å². The second-order valence-corrected chi connectivity index (χ2v) is 20.6. The van der Waals surface area contributed by atoms with Crippen LogP contribution >= 0.6 is 75.6 Å². The first-order chi connectivity index (χ1) is 29.4. The molecule has 0 aliphatic heterocycles. The smallest absolute Gasteiger partial charge is 0.472 e. The van der Waals surface area contributed by atoms with Crippen molar-refractivity contribution in [3.05, 3.63) is 69.9 Å². The number of aromatic nitrogens is 1. The molecular weight excluding hydrogens is 1180 g/mol. The molecule has 22 heteroatoms. The molecule has 1 unspecified atom stereocenters. The number of nitrogens with zero attached hydrogens (tertiary/aromatic N) is 1. The average Bonchev–Trinajstić information content (AvgIpc) is 3.49. The van der Waals surface area contributed by atoms with E-state index >= 15 is 0 Å². The van der Waals surface area contributed by atoms with E-state index in [2.05, 4.69) is 52.4 Å². The van der Waals surface area contributed by atoms with Gasteiger partial charge >= 0.3 is 19.8 Å². The molecule has 63 heavy (non-hydrogen) atoms. The zero-order chi connectivity index (χ0) is 47.2. The van der Waals surface area contributed by atoms with E-state index in [0.717, 1.165) is 33.3 Å². The van der Waals surface area contributed by atoms with Gasteiger partial charge in [-0.2, -0.15) is 0 Å². The van der Waals surface area contributed by atoms with Gasteiger partial charge in [0.05, 0.1) is 51.4 Å². The van der Waals surface area contributed by atoms with Gasteiger partial charge in [0.1, 0.15) is 17.4 Å². The van der Waals surface area contributed by atoms with E-state index in [9.17, 15) is 43.6 Å². The van der Waals surface area contributed by atoms with E-state index in [1.165, 1.54) is 7.11 Å². The van der Waals surface area contributed by atoms with Gasteiger partial charge in [-0.3, -0.25) is 23.4 Å². The molecule has 0 radical (unpaired) electrons. The molecule has 1 heterocycles. The summed E-state index contributed by atoms with van der Waals surface area (Å²) in [6.07, 6.45) is 0.297. The first kappa shape index (κ1) is 54.1. The third kappa shape index (κ3) is 17.9. The zero-order valence-electron chi connectivity index (χ0n) is 35.9. The Morgan fingerprint density at radius 1 is 0.889 bits per heavy atom. The molecule has 0 bridgehead atoms. The maximum absolute atomic E-state index is 13.7. The highest BCUT2D eigenvalue weighted by atomic mass is 127. The number of rotatable bonds is 23. The van der Waals surface area contributed by atoms with Gasteiger partial charge in [-0.25, -0.2) is 14.2 Å². The molecule has 0 saturated heterocycles. The second-order valence-electron chi connectivity index (χ2n) is 15.8. The highest BCUT2D eigenvalue weighted by molar-refractivity contribution is 14.1. The fourth-order valence-corrected chi connectivity index (χ4v) is 10.8.